The maximum atomic E-state index is 13.6. The van der Waals surface area contributed by atoms with Gasteiger partial charge in [-0.05, 0) is 43.7 Å². The second-order valence-electron chi connectivity index (χ2n) is 6.69. The molecule has 0 atom stereocenters. The van der Waals surface area contributed by atoms with Gasteiger partial charge in [0.05, 0.1) is 19.2 Å². The Labute approximate surface area is 178 Å². The standard InChI is InChI=1S/C22H22FN3O3S/c1-13-17(23)5-4-6-18(13)26-19(27)11-20-25-14(2)21(30-20)22(28)24-12-15-7-9-16(29-3)10-8-15/h4-10H,11-12H2,1-3H3,(H,24,28)(H,26,27). The minimum absolute atomic E-state index is 0.00716. The zero-order valence-corrected chi connectivity index (χ0v) is 17.7. The monoisotopic (exact) mass is 427 g/mol. The van der Waals surface area contributed by atoms with Crippen LogP contribution in [0.5, 0.6) is 5.75 Å². The summed E-state index contributed by atoms with van der Waals surface area (Å²) in [6.07, 6.45) is 0.00716. The summed E-state index contributed by atoms with van der Waals surface area (Å²) >= 11 is 1.18. The molecule has 0 unspecified atom stereocenters. The van der Waals surface area contributed by atoms with Gasteiger partial charge >= 0.3 is 0 Å². The van der Waals surface area contributed by atoms with E-state index in [1.54, 1.807) is 27.0 Å². The van der Waals surface area contributed by atoms with Gasteiger partial charge in [-0.1, -0.05) is 18.2 Å². The molecular weight excluding hydrogens is 405 g/mol. The summed E-state index contributed by atoms with van der Waals surface area (Å²) in [5.74, 6) is -0.190. The van der Waals surface area contributed by atoms with Crippen LogP contribution in [0.3, 0.4) is 0 Å². The van der Waals surface area contributed by atoms with Gasteiger partial charge in [0.15, 0.2) is 0 Å². The van der Waals surface area contributed by atoms with Crippen molar-refractivity contribution in [3.8, 4) is 5.75 Å². The molecule has 2 N–H and O–H groups in total. The summed E-state index contributed by atoms with van der Waals surface area (Å²) in [6.45, 7) is 3.70. The van der Waals surface area contributed by atoms with Gasteiger partial charge in [-0.15, -0.1) is 11.3 Å². The molecule has 3 rings (SSSR count). The lowest BCUT2D eigenvalue weighted by Gasteiger charge is -2.07. The third kappa shape index (κ3) is 5.21. The molecule has 0 spiro atoms. The Morgan fingerprint density at radius 1 is 1.13 bits per heavy atom. The molecule has 0 fully saturated rings. The summed E-state index contributed by atoms with van der Waals surface area (Å²) in [4.78, 5) is 29.7. The predicted molar refractivity (Wildman–Crippen MR) is 114 cm³/mol. The Kier molecular flexibility index (Phi) is 6.79. The van der Waals surface area contributed by atoms with Crippen LogP contribution < -0.4 is 15.4 Å². The molecule has 2 amide bonds. The highest BCUT2D eigenvalue weighted by Gasteiger charge is 2.17. The number of aryl methyl sites for hydroxylation is 1. The maximum Gasteiger partial charge on any atom is 0.263 e. The van der Waals surface area contributed by atoms with Gasteiger partial charge in [0, 0.05) is 17.8 Å². The van der Waals surface area contributed by atoms with Crippen molar-refractivity contribution in [2.24, 2.45) is 0 Å². The van der Waals surface area contributed by atoms with E-state index < -0.39 is 0 Å². The van der Waals surface area contributed by atoms with Crippen molar-refractivity contribution in [2.75, 3.05) is 12.4 Å². The number of amides is 2. The Morgan fingerprint density at radius 2 is 1.87 bits per heavy atom. The van der Waals surface area contributed by atoms with E-state index in [1.165, 1.54) is 23.5 Å². The van der Waals surface area contributed by atoms with Crippen molar-refractivity contribution < 1.29 is 18.7 Å². The molecule has 6 nitrogen and oxygen atoms in total. The smallest absolute Gasteiger partial charge is 0.263 e. The van der Waals surface area contributed by atoms with E-state index >= 15 is 0 Å². The second kappa shape index (κ2) is 9.49. The largest absolute Gasteiger partial charge is 0.497 e. The van der Waals surface area contributed by atoms with Crippen LogP contribution in [0.1, 0.15) is 31.5 Å². The molecule has 0 aliphatic rings. The van der Waals surface area contributed by atoms with Gasteiger partial charge in [-0.3, -0.25) is 9.59 Å². The van der Waals surface area contributed by atoms with Crippen LogP contribution in [0.15, 0.2) is 42.5 Å². The van der Waals surface area contributed by atoms with E-state index in [1.807, 2.05) is 24.3 Å². The summed E-state index contributed by atoms with van der Waals surface area (Å²) in [5, 5.41) is 6.07. The van der Waals surface area contributed by atoms with Gasteiger partial charge < -0.3 is 15.4 Å². The minimum Gasteiger partial charge on any atom is -0.497 e. The van der Waals surface area contributed by atoms with Crippen LogP contribution in [0.25, 0.3) is 0 Å². The number of halogens is 1. The average Bonchev–Trinajstić information content (AvgIpc) is 3.10. The number of nitrogens with one attached hydrogen (secondary N) is 2. The number of aromatic nitrogens is 1. The maximum absolute atomic E-state index is 13.6. The molecule has 3 aromatic rings. The number of hydrogen-bond acceptors (Lipinski definition) is 5. The molecule has 1 aromatic heterocycles. The normalized spacial score (nSPS) is 10.5. The highest BCUT2D eigenvalue weighted by atomic mass is 32.1. The van der Waals surface area contributed by atoms with Crippen LogP contribution in [-0.2, 0) is 17.8 Å². The molecular formula is C22H22FN3O3S. The van der Waals surface area contributed by atoms with Crippen molar-refractivity contribution >= 4 is 28.8 Å². The van der Waals surface area contributed by atoms with Gasteiger partial charge in [0.2, 0.25) is 5.91 Å². The third-order valence-corrected chi connectivity index (χ3v) is 5.67. The van der Waals surface area contributed by atoms with Crippen molar-refractivity contribution in [3.05, 3.63) is 75.0 Å². The number of methoxy groups -OCH3 is 1. The highest BCUT2D eigenvalue weighted by molar-refractivity contribution is 7.13. The van der Waals surface area contributed by atoms with Crippen molar-refractivity contribution in [3.63, 3.8) is 0 Å². The molecule has 0 saturated carbocycles. The van der Waals surface area contributed by atoms with Crippen molar-refractivity contribution in [1.82, 2.24) is 10.3 Å². The number of carbonyl (C=O) groups is 2. The fourth-order valence-electron chi connectivity index (χ4n) is 2.82. The molecule has 0 aliphatic carbocycles. The van der Waals surface area contributed by atoms with Gasteiger partial charge in [0.1, 0.15) is 21.5 Å². The molecule has 156 valence electrons. The zero-order valence-electron chi connectivity index (χ0n) is 16.9. The Hall–Kier alpha value is -3.26. The van der Waals surface area contributed by atoms with E-state index in [-0.39, 0.29) is 24.1 Å². The SMILES string of the molecule is COc1ccc(CNC(=O)c2sc(CC(=O)Nc3cccc(F)c3C)nc2C)cc1. The van der Waals surface area contributed by atoms with Crippen molar-refractivity contribution in [1.29, 1.82) is 0 Å². The number of anilines is 1. The third-order valence-electron chi connectivity index (χ3n) is 4.51. The molecule has 2 aromatic carbocycles. The lowest BCUT2D eigenvalue weighted by Crippen LogP contribution is -2.22. The number of rotatable bonds is 7. The summed E-state index contributed by atoms with van der Waals surface area (Å²) in [7, 11) is 1.60. The van der Waals surface area contributed by atoms with Gasteiger partial charge in [-0.25, -0.2) is 9.37 Å². The number of hydrogen-bond donors (Lipinski definition) is 2. The van der Waals surface area contributed by atoms with Crippen molar-refractivity contribution in [2.45, 2.75) is 26.8 Å². The first-order valence-corrected chi connectivity index (χ1v) is 10.1. The topological polar surface area (TPSA) is 80.3 Å². The summed E-state index contributed by atoms with van der Waals surface area (Å²) < 4.78 is 18.7. The molecule has 0 radical (unpaired) electrons. The van der Waals surface area contributed by atoms with Gasteiger partial charge in [-0.2, -0.15) is 0 Å². The van der Waals surface area contributed by atoms with Crippen LogP contribution in [0.4, 0.5) is 10.1 Å². The fraction of sp³-hybridized carbons (Fsp3) is 0.227. The van der Waals surface area contributed by atoms with Gasteiger partial charge in [0.25, 0.3) is 5.91 Å². The predicted octanol–water partition coefficient (Wildman–Crippen LogP) is 4.02. The summed E-state index contributed by atoms with van der Waals surface area (Å²) in [5.41, 5.74) is 2.30. The summed E-state index contributed by atoms with van der Waals surface area (Å²) in [6, 6.07) is 11.9. The first-order chi connectivity index (χ1) is 14.4. The second-order valence-corrected chi connectivity index (χ2v) is 7.77. The minimum atomic E-state index is -0.381. The fourth-order valence-corrected chi connectivity index (χ4v) is 3.80. The van der Waals surface area contributed by atoms with Crippen LogP contribution in [0.2, 0.25) is 0 Å². The quantitative estimate of drug-likeness (QED) is 0.597. The molecule has 0 aliphatic heterocycles. The van der Waals surface area contributed by atoms with E-state index in [2.05, 4.69) is 15.6 Å². The first-order valence-electron chi connectivity index (χ1n) is 9.29. The van der Waals surface area contributed by atoms with E-state index in [0.717, 1.165) is 11.3 Å². The first kappa shape index (κ1) is 21.4. The van der Waals surface area contributed by atoms with Crippen LogP contribution in [-0.4, -0.2) is 23.9 Å². The Morgan fingerprint density at radius 3 is 2.57 bits per heavy atom. The van der Waals surface area contributed by atoms with E-state index in [0.29, 0.717) is 33.4 Å². The molecule has 0 bridgehead atoms. The number of benzene rings is 2. The molecule has 8 heteroatoms. The number of carbonyl (C=O) groups excluding carboxylic acids is 2. The van der Waals surface area contributed by atoms with E-state index in [4.69, 9.17) is 4.74 Å². The Bertz CT molecular complexity index is 1060. The van der Waals surface area contributed by atoms with E-state index in [9.17, 15) is 14.0 Å². The molecule has 30 heavy (non-hydrogen) atoms. The lowest BCUT2D eigenvalue weighted by atomic mass is 10.2. The number of nitrogens with zero attached hydrogens (tertiary/aromatic N) is 1. The highest BCUT2D eigenvalue weighted by Crippen LogP contribution is 2.21. The average molecular weight is 428 g/mol. The molecule has 1 heterocycles. The Balaban J connectivity index is 1.60. The number of ether oxygens (including phenoxy) is 1. The zero-order chi connectivity index (χ0) is 21.7. The van der Waals surface area contributed by atoms with Crippen LogP contribution in [0, 0.1) is 19.7 Å². The number of thiazole rings is 1. The van der Waals surface area contributed by atoms with Crippen LogP contribution >= 0.6 is 11.3 Å². The molecule has 0 saturated heterocycles. The lowest BCUT2D eigenvalue weighted by molar-refractivity contribution is -0.115.